The van der Waals surface area contributed by atoms with Gasteiger partial charge < -0.3 is 29.7 Å². The van der Waals surface area contributed by atoms with Gasteiger partial charge in [-0.25, -0.2) is 9.97 Å². The van der Waals surface area contributed by atoms with Crippen LogP contribution in [0.4, 0.5) is 0 Å². The van der Waals surface area contributed by atoms with E-state index in [9.17, 15) is 19.2 Å². The minimum atomic E-state index is -0.273. The van der Waals surface area contributed by atoms with E-state index in [-0.39, 0.29) is 22.3 Å². The number of aromatic amines is 2. The van der Waals surface area contributed by atoms with Crippen molar-refractivity contribution in [2.45, 2.75) is 66.2 Å². The van der Waals surface area contributed by atoms with E-state index in [1.165, 1.54) is 0 Å². The first kappa shape index (κ1) is 47.4. The summed E-state index contributed by atoms with van der Waals surface area (Å²) in [5.74, 6) is 3.53. The minimum absolute atomic E-state index is 0.173. The summed E-state index contributed by atoms with van der Waals surface area (Å²) in [6, 6.07) is 15.5. The lowest BCUT2D eigenvalue weighted by atomic mass is 9.97. The number of H-pyrrole nitrogens is 2. The van der Waals surface area contributed by atoms with Gasteiger partial charge >= 0.3 is 0 Å². The fourth-order valence-electron chi connectivity index (χ4n) is 8.22. The Morgan fingerprint density at radius 2 is 1.16 bits per heavy atom. The maximum absolute atomic E-state index is 12.9. The number of aromatic nitrogens is 6. The summed E-state index contributed by atoms with van der Waals surface area (Å²) in [6.07, 6.45) is 8.74. The quantitative estimate of drug-likeness (QED) is 0.111. The molecule has 3 N–H and O–H groups in total. The van der Waals surface area contributed by atoms with Crippen LogP contribution in [0.5, 0.6) is 11.5 Å². The number of nitrogens with zero attached hydrogens (tertiary/aromatic N) is 5. The Balaban J connectivity index is 0.000000166. The van der Waals surface area contributed by atoms with Gasteiger partial charge in [0, 0.05) is 38.3 Å². The molecule has 8 aromatic rings. The minimum Gasteiger partial charge on any atom is -0.493 e. The van der Waals surface area contributed by atoms with Crippen molar-refractivity contribution >= 4 is 87.4 Å². The topological polar surface area (TPSA) is 185 Å². The predicted octanol–water partition coefficient (Wildman–Crippen LogP) is 9.58. The number of carbonyl (C=O) groups is 2. The molecule has 0 aliphatic carbocycles. The van der Waals surface area contributed by atoms with Gasteiger partial charge in [-0.2, -0.15) is 0 Å². The molecule has 17 heteroatoms. The van der Waals surface area contributed by atoms with Crippen LogP contribution in [0.15, 0.2) is 81.3 Å². The lowest BCUT2D eigenvalue weighted by molar-refractivity contribution is -0.132. The summed E-state index contributed by atoms with van der Waals surface area (Å²) in [5.41, 5.74) is 4.08. The van der Waals surface area contributed by atoms with Crippen LogP contribution in [-0.2, 0) is 9.59 Å². The number of aryl methyl sites for hydroxylation is 2. The summed E-state index contributed by atoms with van der Waals surface area (Å²) in [6.45, 7) is 12.4. The van der Waals surface area contributed by atoms with E-state index in [2.05, 4.69) is 25.3 Å². The molecule has 0 radical (unpaired) electrons. The first-order chi connectivity index (χ1) is 32.5. The Labute approximate surface area is 400 Å². The maximum Gasteiger partial charge on any atom is 0.259 e. The van der Waals surface area contributed by atoms with Crippen LogP contribution in [-0.4, -0.2) is 85.3 Å². The second-order valence-corrected chi connectivity index (χ2v) is 19.2. The highest BCUT2D eigenvalue weighted by Crippen LogP contribution is 2.29. The molecule has 6 aromatic heterocycles. The average Bonchev–Trinajstić information content (AvgIpc) is 4.03. The zero-order valence-corrected chi connectivity index (χ0v) is 40.3. The number of carbonyl (C=O) groups excluding carboxylic acids is 2. The average molecular weight is 962 g/mol. The fraction of sp³-hybridized carbons (Fsp3) is 0.360. The standard InChI is InChI=1S/C25H26N4O3S.C22H22N4O2S.C3H5ClO/c1-3-22(30)29-7-4-16(5-8-29)14-32-18-10-15(2)23-19(12-18)25(31)28-24(27-23)20-11-17-6-9-33-21(17)13-26-20;1-13-8-16(28-12-14-2-5-23-6-3-14)10-17-20(13)25-21(26-22(17)27)18-9-15-4-7-29-19(15)11-24-18;1-2-3(4)5/h6,9-13,16H,3-5,7-8,14H2,1-2H3,(H,27,28,31);4,7-11,14,23H,2-3,5-6,12H2,1H3,(H,25,26,27);2H2,1H3. The van der Waals surface area contributed by atoms with Crippen LogP contribution >= 0.6 is 34.3 Å². The highest BCUT2D eigenvalue weighted by molar-refractivity contribution is 7.17. The lowest BCUT2D eigenvalue weighted by Gasteiger charge is -2.31. The normalized spacial score (nSPS) is 14.4. The zero-order valence-electron chi connectivity index (χ0n) is 37.9. The molecule has 14 nitrogen and oxygen atoms in total. The number of ether oxygens (including phenoxy) is 2. The molecule has 2 fully saturated rings. The highest BCUT2D eigenvalue weighted by Gasteiger charge is 2.23. The first-order valence-corrected chi connectivity index (χ1v) is 24.8. The number of halogens is 1. The van der Waals surface area contributed by atoms with Crippen LogP contribution in [0.3, 0.4) is 0 Å². The molecule has 10 rings (SSSR count). The second-order valence-electron chi connectivity index (χ2n) is 16.9. The number of nitrogens with one attached hydrogen (secondary N) is 3. The summed E-state index contributed by atoms with van der Waals surface area (Å²) in [4.78, 5) is 73.2. The zero-order chi connectivity index (χ0) is 47.0. The van der Waals surface area contributed by atoms with E-state index in [1.54, 1.807) is 41.7 Å². The molecular formula is C50H53ClN8O6S2. The molecule has 2 aromatic carbocycles. The van der Waals surface area contributed by atoms with Crippen molar-refractivity contribution in [3.8, 4) is 34.5 Å². The number of hydrogen-bond acceptors (Lipinski definition) is 13. The molecule has 0 unspecified atom stereocenters. The number of rotatable bonds is 10. The monoisotopic (exact) mass is 960 g/mol. The van der Waals surface area contributed by atoms with Crippen LogP contribution in [0.25, 0.3) is 65.0 Å². The van der Waals surface area contributed by atoms with Crippen molar-refractivity contribution in [3.05, 3.63) is 104 Å². The SMILES string of the molecule is CCC(=O)Cl.CCC(=O)N1CCC(COc2cc(C)c3nc(-c4cc5ccsc5cn4)[nH]c(=O)c3c2)CC1.Cc1cc(OCC2CCNCC2)cc2c(=O)[nH]c(-c3cc4ccsc4cn3)nc12. The molecule has 0 atom stereocenters. The third-order valence-electron chi connectivity index (χ3n) is 12.1. The predicted molar refractivity (Wildman–Crippen MR) is 269 cm³/mol. The number of thiophene rings is 2. The van der Waals surface area contributed by atoms with E-state index in [0.717, 1.165) is 88.9 Å². The molecule has 0 bridgehead atoms. The van der Waals surface area contributed by atoms with Crippen LogP contribution in [0.2, 0.25) is 0 Å². The van der Waals surface area contributed by atoms with E-state index < -0.39 is 0 Å². The molecule has 0 saturated carbocycles. The Morgan fingerprint density at radius 3 is 1.61 bits per heavy atom. The van der Waals surface area contributed by atoms with Gasteiger partial charge in [0.25, 0.3) is 11.1 Å². The van der Waals surface area contributed by atoms with Crippen molar-refractivity contribution < 1.29 is 19.1 Å². The Bertz CT molecular complexity index is 3170. The van der Waals surface area contributed by atoms with E-state index in [4.69, 9.17) is 31.0 Å². The lowest BCUT2D eigenvalue weighted by Crippen LogP contribution is -2.39. The molecular weight excluding hydrogens is 908 g/mol. The molecule has 348 valence electrons. The molecule has 1 amide bonds. The van der Waals surface area contributed by atoms with Gasteiger partial charge in [-0.05, 0) is 157 Å². The highest BCUT2D eigenvalue weighted by atomic mass is 35.5. The molecule has 0 spiro atoms. The van der Waals surface area contributed by atoms with Crippen molar-refractivity contribution in [1.29, 1.82) is 0 Å². The number of piperidine rings is 2. The van der Waals surface area contributed by atoms with Gasteiger partial charge in [0.1, 0.15) is 22.9 Å². The maximum atomic E-state index is 12.9. The molecule has 67 heavy (non-hydrogen) atoms. The van der Waals surface area contributed by atoms with E-state index in [1.807, 2.05) is 85.2 Å². The number of fused-ring (bicyclic) bond motifs is 4. The summed E-state index contributed by atoms with van der Waals surface area (Å²) in [7, 11) is 0. The number of amides is 1. The fourth-order valence-corrected chi connectivity index (χ4v) is 9.69. The second kappa shape index (κ2) is 21.7. The number of pyridine rings is 2. The van der Waals surface area contributed by atoms with Crippen LogP contribution < -0.4 is 25.9 Å². The Kier molecular flexibility index (Phi) is 15.4. The Hall–Kier alpha value is -6.07. The van der Waals surface area contributed by atoms with Gasteiger partial charge in [-0.15, -0.1) is 22.7 Å². The third-order valence-corrected chi connectivity index (χ3v) is 14.1. The summed E-state index contributed by atoms with van der Waals surface area (Å²) < 4.78 is 14.3. The van der Waals surface area contributed by atoms with E-state index in [0.29, 0.717) is 88.5 Å². The largest absolute Gasteiger partial charge is 0.493 e. The van der Waals surface area contributed by atoms with Gasteiger partial charge in [-0.1, -0.05) is 13.8 Å². The Morgan fingerprint density at radius 1 is 0.701 bits per heavy atom. The molecule has 2 saturated heterocycles. The summed E-state index contributed by atoms with van der Waals surface area (Å²) in [5, 5.41) is 10.4. The summed E-state index contributed by atoms with van der Waals surface area (Å²) >= 11 is 8.10. The molecule has 2 aliphatic rings. The number of likely N-dealkylation sites (tertiary alicyclic amines) is 1. The number of benzene rings is 2. The van der Waals surface area contributed by atoms with E-state index >= 15 is 0 Å². The van der Waals surface area contributed by atoms with Gasteiger partial charge in [0.15, 0.2) is 11.6 Å². The molecule has 2 aliphatic heterocycles. The van der Waals surface area contributed by atoms with Gasteiger partial charge in [0.05, 0.1) is 44.4 Å². The number of hydrogen-bond donors (Lipinski definition) is 3. The van der Waals surface area contributed by atoms with Crippen LogP contribution in [0, 0.1) is 25.7 Å². The van der Waals surface area contributed by atoms with Crippen molar-refractivity contribution in [2.24, 2.45) is 11.8 Å². The van der Waals surface area contributed by atoms with Crippen LogP contribution in [0.1, 0.15) is 63.5 Å². The van der Waals surface area contributed by atoms with Crippen molar-refractivity contribution in [1.82, 2.24) is 40.1 Å². The smallest absolute Gasteiger partial charge is 0.259 e. The van der Waals surface area contributed by atoms with Gasteiger partial charge in [-0.3, -0.25) is 29.1 Å². The van der Waals surface area contributed by atoms with Gasteiger partial charge in [0.2, 0.25) is 11.1 Å². The third kappa shape index (κ3) is 11.6. The molecule has 8 heterocycles. The first-order valence-electron chi connectivity index (χ1n) is 22.6. The van der Waals surface area contributed by atoms with Crippen molar-refractivity contribution in [3.63, 3.8) is 0 Å². The van der Waals surface area contributed by atoms with Crippen molar-refractivity contribution in [2.75, 3.05) is 39.4 Å².